The zero-order chi connectivity index (χ0) is 11.7. The van der Waals surface area contributed by atoms with Gasteiger partial charge in [-0.2, -0.15) is 0 Å². The minimum absolute atomic E-state index is 0.00708. The standard InChI is InChI=1S/C13H20N2O/c1-9(14)13-11(15(2)10-7-8-10)5-4-6-12(13)16-3/h4-6,9-10H,7-8,14H2,1-3H3/t9-/m1/s1. The average molecular weight is 220 g/mol. The molecule has 0 heterocycles. The molecule has 3 nitrogen and oxygen atoms in total. The van der Waals surface area contributed by atoms with E-state index < -0.39 is 0 Å². The van der Waals surface area contributed by atoms with E-state index in [4.69, 9.17) is 10.5 Å². The molecule has 1 atom stereocenters. The summed E-state index contributed by atoms with van der Waals surface area (Å²) < 4.78 is 5.39. The molecule has 1 aromatic carbocycles. The predicted molar refractivity (Wildman–Crippen MR) is 67.0 cm³/mol. The van der Waals surface area contributed by atoms with Gasteiger partial charge < -0.3 is 15.4 Å². The fourth-order valence-corrected chi connectivity index (χ4v) is 2.13. The van der Waals surface area contributed by atoms with Crippen LogP contribution in [-0.4, -0.2) is 20.2 Å². The number of anilines is 1. The number of rotatable bonds is 4. The van der Waals surface area contributed by atoms with E-state index in [1.807, 2.05) is 19.1 Å². The van der Waals surface area contributed by atoms with E-state index >= 15 is 0 Å². The molecular weight excluding hydrogens is 200 g/mol. The maximum Gasteiger partial charge on any atom is 0.125 e. The second-order valence-corrected chi connectivity index (χ2v) is 4.52. The largest absolute Gasteiger partial charge is 0.496 e. The molecule has 0 aromatic heterocycles. The minimum Gasteiger partial charge on any atom is -0.496 e. The molecule has 1 aliphatic rings. The van der Waals surface area contributed by atoms with Crippen molar-refractivity contribution in [3.05, 3.63) is 23.8 Å². The van der Waals surface area contributed by atoms with Gasteiger partial charge in [0.2, 0.25) is 0 Å². The zero-order valence-electron chi connectivity index (χ0n) is 10.2. The number of ether oxygens (including phenoxy) is 1. The third-order valence-corrected chi connectivity index (χ3v) is 3.19. The molecule has 0 aliphatic heterocycles. The highest BCUT2D eigenvalue weighted by atomic mass is 16.5. The Hall–Kier alpha value is -1.22. The Balaban J connectivity index is 2.41. The molecule has 88 valence electrons. The molecular formula is C13H20N2O. The van der Waals surface area contributed by atoms with Gasteiger partial charge in [-0.05, 0) is 31.9 Å². The van der Waals surface area contributed by atoms with E-state index in [2.05, 4.69) is 18.0 Å². The smallest absolute Gasteiger partial charge is 0.125 e. The summed E-state index contributed by atoms with van der Waals surface area (Å²) in [4.78, 5) is 2.32. The first-order valence-corrected chi connectivity index (χ1v) is 5.80. The number of nitrogens with two attached hydrogens (primary N) is 1. The molecule has 2 rings (SSSR count). The molecule has 0 radical (unpaired) electrons. The minimum atomic E-state index is -0.00708. The number of methoxy groups -OCH3 is 1. The monoisotopic (exact) mass is 220 g/mol. The van der Waals surface area contributed by atoms with E-state index in [-0.39, 0.29) is 6.04 Å². The highest BCUT2D eigenvalue weighted by molar-refractivity contribution is 5.61. The lowest BCUT2D eigenvalue weighted by molar-refractivity contribution is 0.407. The van der Waals surface area contributed by atoms with E-state index in [1.165, 1.54) is 18.5 Å². The fraction of sp³-hybridized carbons (Fsp3) is 0.538. The van der Waals surface area contributed by atoms with Crippen LogP contribution < -0.4 is 15.4 Å². The summed E-state index contributed by atoms with van der Waals surface area (Å²) in [6.07, 6.45) is 2.57. The SMILES string of the molecule is COc1cccc(N(C)C2CC2)c1[C@@H](C)N. The van der Waals surface area contributed by atoms with Crippen LogP contribution in [-0.2, 0) is 0 Å². The molecule has 1 aliphatic carbocycles. The van der Waals surface area contributed by atoms with Crippen molar-refractivity contribution in [2.24, 2.45) is 5.73 Å². The van der Waals surface area contributed by atoms with Crippen LogP contribution in [0.3, 0.4) is 0 Å². The molecule has 0 unspecified atom stereocenters. The highest BCUT2D eigenvalue weighted by Crippen LogP contribution is 2.38. The summed E-state index contributed by atoms with van der Waals surface area (Å²) in [6, 6.07) is 6.80. The predicted octanol–water partition coefficient (Wildman–Crippen LogP) is 2.31. The van der Waals surface area contributed by atoms with Crippen LogP contribution in [0.15, 0.2) is 18.2 Å². The molecule has 1 saturated carbocycles. The summed E-state index contributed by atoms with van der Waals surface area (Å²) in [5, 5.41) is 0. The molecule has 0 spiro atoms. The molecule has 3 heteroatoms. The van der Waals surface area contributed by atoms with Gasteiger partial charge in [-0.15, -0.1) is 0 Å². The first-order valence-electron chi connectivity index (χ1n) is 5.80. The Kier molecular flexibility index (Phi) is 3.06. The molecule has 16 heavy (non-hydrogen) atoms. The average Bonchev–Trinajstić information content (AvgIpc) is 3.10. The van der Waals surface area contributed by atoms with Crippen LogP contribution in [0.4, 0.5) is 5.69 Å². The lowest BCUT2D eigenvalue weighted by Crippen LogP contribution is -2.23. The number of hydrogen-bond acceptors (Lipinski definition) is 3. The van der Waals surface area contributed by atoms with Crippen molar-refractivity contribution in [3.8, 4) is 5.75 Å². The molecule has 2 N–H and O–H groups in total. The summed E-state index contributed by atoms with van der Waals surface area (Å²) in [5.74, 6) is 0.889. The molecule has 0 amide bonds. The number of benzene rings is 1. The van der Waals surface area contributed by atoms with Crippen LogP contribution >= 0.6 is 0 Å². The third kappa shape index (κ3) is 2.00. The Morgan fingerprint density at radius 2 is 2.12 bits per heavy atom. The van der Waals surface area contributed by atoms with Crippen molar-refractivity contribution < 1.29 is 4.74 Å². The van der Waals surface area contributed by atoms with Crippen molar-refractivity contribution in [3.63, 3.8) is 0 Å². The normalized spacial score (nSPS) is 17.0. The van der Waals surface area contributed by atoms with Crippen molar-refractivity contribution in [2.75, 3.05) is 19.1 Å². The van der Waals surface area contributed by atoms with Crippen molar-refractivity contribution >= 4 is 5.69 Å². The van der Waals surface area contributed by atoms with Gasteiger partial charge in [0.05, 0.1) is 7.11 Å². The Labute approximate surface area is 97.2 Å². The topological polar surface area (TPSA) is 38.5 Å². The van der Waals surface area contributed by atoms with Crippen LogP contribution in [0, 0.1) is 0 Å². The van der Waals surface area contributed by atoms with E-state index in [9.17, 15) is 0 Å². The molecule has 1 fully saturated rings. The highest BCUT2D eigenvalue weighted by Gasteiger charge is 2.28. The van der Waals surface area contributed by atoms with Gasteiger partial charge in [0.1, 0.15) is 5.75 Å². The van der Waals surface area contributed by atoms with Crippen LogP contribution in [0.2, 0.25) is 0 Å². The first-order chi connectivity index (χ1) is 7.65. The lowest BCUT2D eigenvalue weighted by Gasteiger charge is -2.25. The van der Waals surface area contributed by atoms with Crippen molar-refractivity contribution in [1.82, 2.24) is 0 Å². The maximum atomic E-state index is 6.04. The van der Waals surface area contributed by atoms with Gasteiger partial charge in [0.25, 0.3) is 0 Å². The van der Waals surface area contributed by atoms with Gasteiger partial charge in [-0.3, -0.25) is 0 Å². The molecule has 0 bridgehead atoms. The van der Waals surface area contributed by atoms with Gasteiger partial charge in [-0.25, -0.2) is 0 Å². The second kappa shape index (κ2) is 4.34. The van der Waals surface area contributed by atoms with Crippen LogP contribution in [0.1, 0.15) is 31.4 Å². The van der Waals surface area contributed by atoms with Gasteiger partial charge in [0, 0.05) is 30.4 Å². The maximum absolute atomic E-state index is 6.04. The second-order valence-electron chi connectivity index (χ2n) is 4.52. The third-order valence-electron chi connectivity index (χ3n) is 3.19. The van der Waals surface area contributed by atoms with Gasteiger partial charge in [0.15, 0.2) is 0 Å². The van der Waals surface area contributed by atoms with Crippen LogP contribution in [0.25, 0.3) is 0 Å². The Bertz CT molecular complexity index is 372. The zero-order valence-corrected chi connectivity index (χ0v) is 10.2. The Morgan fingerprint density at radius 3 is 2.62 bits per heavy atom. The van der Waals surface area contributed by atoms with Gasteiger partial charge >= 0.3 is 0 Å². The van der Waals surface area contributed by atoms with Crippen molar-refractivity contribution in [2.45, 2.75) is 31.8 Å². The summed E-state index contributed by atoms with van der Waals surface area (Å²) in [7, 11) is 3.83. The van der Waals surface area contributed by atoms with E-state index in [0.717, 1.165) is 11.3 Å². The lowest BCUT2D eigenvalue weighted by atomic mass is 10.0. The number of nitrogens with zero attached hydrogens (tertiary/aromatic N) is 1. The fourth-order valence-electron chi connectivity index (χ4n) is 2.13. The summed E-state index contributed by atoms with van der Waals surface area (Å²) >= 11 is 0. The quantitative estimate of drug-likeness (QED) is 0.846. The van der Waals surface area contributed by atoms with E-state index in [0.29, 0.717) is 6.04 Å². The summed E-state index contributed by atoms with van der Waals surface area (Å²) in [5.41, 5.74) is 8.36. The molecule has 1 aromatic rings. The first kappa shape index (κ1) is 11.3. The molecule has 0 saturated heterocycles. The number of hydrogen-bond donors (Lipinski definition) is 1. The Morgan fingerprint density at radius 1 is 1.44 bits per heavy atom. The van der Waals surface area contributed by atoms with Crippen LogP contribution in [0.5, 0.6) is 5.75 Å². The van der Waals surface area contributed by atoms with Gasteiger partial charge in [-0.1, -0.05) is 6.07 Å². The van der Waals surface area contributed by atoms with Crippen molar-refractivity contribution in [1.29, 1.82) is 0 Å². The van der Waals surface area contributed by atoms with E-state index in [1.54, 1.807) is 7.11 Å². The summed E-state index contributed by atoms with van der Waals surface area (Å²) in [6.45, 7) is 2.00.